The minimum Gasteiger partial charge on any atom is -0.381 e. The maximum absolute atomic E-state index is 8.94. The molecule has 1 unspecified atom stereocenters. The summed E-state index contributed by atoms with van der Waals surface area (Å²) in [5, 5.41) is 8.94. The van der Waals surface area contributed by atoms with Gasteiger partial charge in [0, 0.05) is 13.2 Å². The molecule has 0 N–H and O–H groups in total. The summed E-state index contributed by atoms with van der Waals surface area (Å²) in [6.45, 7) is 7.95. The number of rotatable bonds is 5. The first-order valence-electron chi connectivity index (χ1n) is 6.21. The van der Waals surface area contributed by atoms with Crippen LogP contribution in [0.5, 0.6) is 0 Å². The predicted octanol–water partition coefficient (Wildman–Crippen LogP) is 2.28. The third-order valence-corrected chi connectivity index (χ3v) is 3.25. The Bertz CT molecular complexity index is 239. The third kappa shape index (κ3) is 4.96. The van der Waals surface area contributed by atoms with Crippen molar-refractivity contribution in [2.75, 3.05) is 33.4 Å². The molecule has 1 aliphatic rings. The van der Waals surface area contributed by atoms with Gasteiger partial charge in [0.25, 0.3) is 0 Å². The highest BCUT2D eigenvalue weighted by molar-refractivity contribution is 4.91. The zero-order chi connectivity index (χ0) is 12.0. The van der Waals surface area contributed by atoms with Crippen molar-refractivity contribution >= 4 is 0 Å². The summed E-state index contributed by atoms with van der Waals surface area (Å²) >= 11 is 0. The van der Waals surface area contributed by atoms with Gasteiger partial charge in [0.2, 0.25) is 0 Å². The Morgan fingerprint density at radius 1 is 1.50 bits per heavy atom. The van der Waals surface area contributed by atoms with Crippen LogP contribution in [0, 0.1) is 22.7 Å². The molecule has 0 amide bonds. The molecule has 1 fully saturated rings. The zero-order valence-corrected chi connectivity index (χ0v) is 10.8. The van der Waals surface area contributed by atoms with Crippen molar-refractivity contribution in [1.82, 2.24) is 4.90 Å². The smallest absolute Gasteiger partial charge is 0.0684 e. The highest BCUT2D eigenvalue weighted by Gasteiger charge is 2.19. The fourth-order valence-corrected chi connectivity index (χ4v) is 2.01. The average Bonchev–Trinajstić information content (AvgIpc) is 2.28. The normalized spacial score (nSPS) is 22.1. The predicted molar refractivity (Wildman–Crippen MR) is 65.1 cm³/mol. The second kappa shape index (κ2) is 6.22. The first-order chi connectivity index (χ1) is 7.53. The van der Waals surface area contributed by atoms with Crippen LogP contribution in [-0.4, -0.2) is 38.3 Å². The van der Waals surface area contributed by atoms with E-state index in [1.165, 1.54) is 12.8 Å². The van der Waals surface area contributed by atoms with Gasteiger partial charge >= 0.3 is 0 Å². The van der Waals surface area contributed by atoms with E-state index in [0.717, 1.165) is 32.7 Å². The van der Waals surface area contributed by atoms with E-state index in [0.29, 0.717) is 5.92 Å². The Morgan fingerprint density at radius 3 is 2.81 bits per heavy atom. The van der Waals surface area contributed by atoms with Crippen LogP contribution in [0.1, 0.15) is 33.1 Å². The quantitative estimate of drug-likeness (QED) is 0.719. The Labute approximate surface area is 99.4 Å². The van der Waals surface area contributed by atoms with E-state index in [9.17, 15) is 0 Å². The second-order valence-corrected chi connectivity index (χ2v) is 5.59. The Morgan fingerprint density at radius 2 is 2.25 bits per heavy atom. The maximum Gasteiger partial charge on any atom is 0.0684 e. The monoisotopic (exact) mass is 224 g/mol. The minimum absolute atomic E-state index is 0.197. The SMILES string of the molecule is CN(CCC(C)(C)C#N)CC1CCCOC1. The number of ether oxygens (including phenoxy) is 1. The maximum atomic E-state index is 8.94. The second-order valence-electron chi connectivity index (χ2n) is 5.59. The lowest BCUT2D eigenvalue weighted by Gasteiger charge is -2.28. The molecule has 0 saturated carbocycles. The summed E-state index contributed by atoms with van der Waals surface area (Å²) in [6, 6.07) is 2.35. The summed E-state index contributed by atoms with van der Waals surface area (Å²) in [4.78, 5) is 2.33. The van der Waals surface area contributed by atoms with Gasteiger partial charge in [0.1, 0.15) is 0 Å². The first-order valence-corrected chi connectivity index (χ1v) is 6.21. The summed E-state index contributed by atoms with van der Waals surface area (Å²) < 4.78 is 5.47. The molecule has 1 aliphatic heterocycles. The molecule has 1 atom stereocenters. The molecule has 0 aromatic carbocycles. The molecule has 0 radical (unpaired) electrons. The minimum atomic E-state index is -0.197. The van der Waals surface area contributed by atoms with Crippen molar-refractivity contribution in [3.8, 4) is 6.07 Å². The van der Waals surface area contributed by atoms with Gasteiger partial charge < -0.3 is 9.64 Å². The standard InChI is InChI=1S/C13H24N2O/c1-13(2,11-14)6-7-15(3)9-12-5-4-8-16-10-12/h12H,4-10H2,1-3H3. The average molecular weight is 224 g/mol. The lowest BCUT2D eigenvalue weighted by atomic mass is 9.91. The van der Waals surface area contributed by atoms with Crippen molar-refractivity contribution in [2.24, 2.45) is 11.3 Å². The number of nitriles is 1. The van der Waals surface area contributed by atoms with E-state index in [4.69, 9.17) is 10.00 Å². The summed E-state index contributed by atoms with van der Waals surface area (Å²) in [5.74, 6) is 0.684. The van der Waals surface area contributed by atoms with Gasteiger partial charge in [0.15, 0.2) is 0 Å². The fraction of sp³-hybridized carbons (Fsp3) is 0.923. The number of hydrogen-bond donors (Lipinski definition) is 0. The van der Waals surface area contributed by atoms with Crippen LogP contribution in [0.2, 0.25) is 0 Å². The van der Waals surface area contributed by atoms with Crippen LogP contribution in [-0.2, 0) is 4.74 Å². The molecule has 0 aliphatic carbocycles. The molecule has 1 saturated heterocycles. The lowest BCUT2D eigenvalue weighted by Crippen LogP contribution is -2.32. The fourth-order valence-electron chi connectivity index (χ4n) is 2.01. The molecule has 0 bridgehead atoms. The Hall–Kier alpha value is -0.590. The van der Waals surface area contributed by atoms with E-state index in [2.05, 4.69) is 18.0 Å². The Kier molecular flexibility index (Phi) is 5.24. The third-order valence-electron chi connectivity index (χ3n) is 3.25. The molecule has 3 nitrogen and oxygen atoms in total. The molecular weight excluding hydrogens is 200 g/mol. The summed E-state index contributed by atoms with van der Waals surface area (Å²) in [5.41, 5.74) is -0.197. The van der Waals surface area contributed by atoms with Crippen molar-refractivity contribution in [1.29, 1.82) is 5.26 Å². The summed E-state index contributed by atoms with van der Waals surface area (Å²) in [6.07, 6.45) is 3.42. The lowest BCUT2D eigenvalue weighted by molar-refractivity contribution is 0.0412. The van der Waals surface area contributed by atoms with Crippen molar-refractivity contribution in [2.45, 2.75) is 33.1 Å². The van der Waals surface area contributed by atoms with Crippen LogP contribution in [0.15, 0.2) is 0 Å². The van der Waals surface area contributed by atoms with Crippen LogP contribution in [0.3, 0.4) is 0 Å². The van der Waals surface area contributed by atoms with Crippen LogP contribution >= 0.6 is 0 Å². The molecule has 1 rings (SSSR count). The molecule has 3 heteroatoms. The topological polar surface area (TPSA) is 36.3 Å². The number of hydrogen-bond acceptors (Lipinski definition) is 3. The van der Waals surface area contributed by atoms with E-state index < -0.39 is 0 Å². The highest BCUT2D eigenvalue weighted by atomic mass is 16.5. The molecule has 0 aromatic rings. The molecule has 16 heavy (non-hydrogen) atoms. The van der Waals surface area contributed by atoms with Crippen molar-refractivity contribution in [3.05, 3.63) is 0 Å². The molecule has 0 spiro atoms. The van der Waals surface area contributed by atoms with E-state index in [1.54, 1.807) is 0 Å². The van der Waals surface area contributed by atoms with Gasteiger partial charge in [-0.15, -0.1) is 0 Å². The van der Waals surface area contributed by atoms with Crippen LogP contribution < -0.4 is 0 Å². The van der Waals surface area contributed by atoms with Gasteiger partial charge in [-0.05, 0) is 52.6 Å². The van der Waals surface area contributed by atoms with Crippen LogP contribution in [0.25, 0.3) is 0 Å². The van der Waals surface area contributed by atoms with Gasteiger partial charge in [0.05, 0.1) is 18.1 Å². The zero-order valence-electron chi connectivity index (χ0n) is 10.8. The Balaban J connectivity index is 2.20. The molecule has 1 heterocycles. The van der Waals surface area contributed by atoms with Crippen LogP contribution in [0.4, 0.5) is 0 Å². The van der Waals surface area contributed by atoms with E-state index in [1.807, 2.05) is 13.8 Å². The first kappa shape index (κ1) is 13.5. The van der Waals surface area contributed by atoms with Gasteiger partial charge in [-0.2, -0.15) is 5.26 Å². The molecule has 0 aromatic heterocycles. The molecule has 92 valence electrons. The largest absolute Gasteiger partial charge is 0.381 e. The van der Waals surface area contributed by atoms with Gasteiger partial charge in [-0.3, -0.25) is 0 Å². The van der Waals surface area contributed by atoms with Crippen molar-refractivity contribution in [3.63, 3.8) is 0 Å². The van der Waals surface area contributed by atoms with E-state index in [-0.39, 0.29) is 5.41 Å². The van der Waals surface area contributed by atoms with Crippen molar-refractivity contribution < 1.29 is 4.74 Å². The highest BCUT2D eigenvalue weighted by Crippen LogP contribution is 2.20. The van der Waals surface area contributed by atoms with Gasteiger partial charge in [-0.25, -0.2) is 0 Å². The summed E-state index contributed by atoms with van der Waals surface area (Å²) in [7, 11) is 2.14. The molecular formula is C13H24N2O. The number of nitrogens with zero attached hydrogens (tertiary/aromatic N) is 2. The van der Waals surface area contributed by atoms with E-state index >= 15 is 0 Å². The van der Waals surface area contributed by atoms with Gasteiger partial charge in [-0.1, -0.05) is 0 Å².